The highest BCUT2D eigenvalue weighted by Gasteiger charge is 2.16. The fraction of sp³-hybridized carbons (Fsp3) is 0.250. The molecule has 0 saturated heterocycles. The second kappa shape index (κ2) is 6.33. The first-order chi connectivity index (χ1) is 9.51. The molecule has 0 aliphatic heterocycles. The second-order valence-corrected chi connectivity index (χ2v) is 5.23. The summed E-state index contributed by atoms with van der Waals surface area (Å²) in [6.45, 7) is 1.63. The van der Waals surface area contributed by atoms with Gasteiger partial charge in [0.25, 0.3) is 0 Å². The van der Waals surface area contributed by atoms with Crippen LogP contribution in [-0.4, -0.2) is 7.05 Å². The molecule has 1 unspecified atom stereocenters. The van der Waals surface area contributed by atoms with E-state index in [9.17, 15) is 8.78 Å². The lowest BCUT2D eigenvalue weighted by Crippen LogP contribution is -2.20. The van der Waals surface area contributed by atoms with Crippen LogP contribution in [0.5, 0.6) is 0 Å². The highest BCUT2D eigenvalue weighted by Crippen LogP contribution is 2.24. The summed E-state index contributed by atoms with van der Waals surface area (Å²) in [5.41, 5.74) is 1.95. The molecule has 1 atom stereocenters. The zero-order valence-corrected chi connectivity index (χ0v) is 12.1. The van der Waals surface area contributed by atoms with Gasteiger partial charge in [0.1, 0.15) is 11.6 Å². The molecule has 0 aliphatic rings. The van der Waals surface area contributed by atoms with E-state index >= 15 is 0 Å². The second-order valence-electron chi connectivity index (χ2n) is 4.79. The Hall–Kier alpha value is -1.45. The van der Waals surface area contributed by atoms with Crippen LogP contribution in [0, 0.1) is 18.6 Å². The Bertz CT molecular complexity index is 596. The van der Waals surface area contributed by atoms with Crippen molar-refractivity contribution in [2.24, 2.45) is 0 Å². The van der Waals surface area contributed by atoms with E-state index in [0.717, 1.165) is 11.6 Å². The summed E-state index contributed by atoms with van der Waals surface area (Å²) in [7, 11) is 1.76. The molecule has 0 spiro atoms. The molecule has 2 aromatic carbocycles. The minimum atomic E-state index is -0.526. The Kier molecular flexibility index (Phi) is 4.73. The molecule has 0 heterocycles. The molecule has 2 aromatic rings. The average Bonchev–Trinajstić information content (AvgIpc) is 2.43. The molecule has 0 amide bonds. The van der Waals surface area contributed by atoms with Gasteiger partial charge in [0.05, 0.1) is 0 Å². The first-order valence-corrected chi connectivity index (χ1v) is 6.76. The van der Waals surface area contributed by atoms with Crippen LogP contribution >= 0.6 is 11.6 Å². The van der Waals surface area contributed by atoms with Gasteiger partial charge in [0, 0.05) is 22.7 Å². The van der Waals surface area contributed by atoms with E-state index in [-0.39, 0.29) is 6.04 Å². The molecule has 0 radical (unpaired) electrons. The number of benzene rings is 2. The maximum Gasteiger partial charge on any atom is 0.130 e. The molecular formula is C16H16ClF2N. The van der Waals surface area contributed by atoms with Crippen molar-refractivity contribution < 1.29 is 8.78 Å². The number of rotatable bonds is 4. The number of hydrogen-bond acceptors (Lipinski definition) is 1. The van der Waals surface area contributed by atoms with Crippen LogP contribution in [0.25, 0.3) is 0 Å². The Morgan fingerprint density at radius 3 is 2.35 bits per heavy atom. The van der Waals surface area contributed by atoms with Gasteiger partial charge in [-0.05, 0) is 49.7 Å². The van der Waals surface area contributed by atoms with Crippen LogP contribution in [0.4, 0.5) is 8.78 Å². The largest absolute Gasteiger partial charge is 0.313 e. The Morgan fingerprint density at radius 2 is 1.75 bits per heavy atom. The molecule has 2 rings (SSSR count). The van der Waals surface area contributed by atoms with Crippen molar-refractivity contribution in [3.8, 4) is 0 Å². The number of hydrogen-bond donors (Lipinski definition) is 1. The monoisotopic (exact) mass is 295 g/mol. The van der Waals surface area contributed by atoms with Gasteiger partial charge in [0.2, 0.25) is 0 Å². The number of nitrogens with one attached hydrogen (secondary N) is 1. The summed E-state index contributed by atoms with van der Waals surface area (Å²) < 4.78 is 27.3. The van der Waals surface area contributed by atoms with Crippen molar-refractivity contribution in [2.45, 2.75) is 19.4 Å². The summed E-state index contributed by atoms with van der Waals surface area (Å²) in [6.07, 6.45) is 0.607. The number of halogens is 3. The third-order valence-electron chi connectivity index (χ3n) is 3.35. The molecule has 0 aromatic heterocycles. The topological polar surface area (TPSA) is 12.0 Å². The quantitative estimate of drug-likeness (QED) is 0.880. The zero-order chi connectivity index (χ0) is 14.7. The van der Waals surface area contributed by atoms with Crippen LogP contribution in [0.2, 0.25) is 5.02 Å². The molecule has 1 N–H and O–H groups in total. The van der Waals surface area contributed by atoms with Gasteiger partial charge >= 0.3 is 0 Å². The van der Waals surface area contributed by atoms with E-state index in [4.69, 9.17) is 11.6 Å². The smallest absolute Gasteiger partial charge is 0.130 e. The minimum absolute atomic E-state index is 0.213. The summed E-state index contributed by atoms with van der Waals surface area (Å²) >= 11 is 5.85. The third-order valence-corrected chi connectivity index (χ3v) is 3.61. The van der Waals surface area contributed by atoms with Crippen LogP contribution in [0.3, 0.4) is 0 Å². The lowest BCUT2D eigenvalue weighted by molar-refractivity contribution is 0.519. The van der Waals surface area contributed by atoms with Crippen molar-refractivity contribution in [3.63, 3.8) is 0 Å². The van der Waals surface area contributed by atoms with Crippen LogP contribution < -0.4 is 5.32 Å². The van der Waals surface area contributed by atoms with E-state index in [1.54, 1.807) is 32.2 Å². The van der Waals surface area contributed by atoms with E-state index in [0.29, 0.717) is 22.6 Å². The van der Waals surface area contributed by atoms with E-state index < -0.39 is 11.6 Å². The van der Waals surface area contributed by atoms with Crippen LogP contribution in [-0.2, 0) is 6.42 Å². The van der Waals surface area contributed by atoms with Crippen molar-refractivity contribution in [1.82, 2.24) is 5.32 Å². The molecule has 1 nitrogen and oxygen atoms in total. The van der Waals surface area contributed by atoms with Gasteiger partial charge in [-0.25, -0.2) is 8.78 Å². The predicted octanol–water partition coefficient (Wildman–Crippen LogP) is 4.43. The van der Waals surface area contributed by atoms with E-state index in [1.807, 2.05) is 12.1 Å². The minimum Gasteiger partial charge on any atom is -0.313 e. The van der Waals surface area contributed by atoms with Crippen molar-refractivity contribution in [2.75, 3.05) is 7.05 Å². The Labute approximate surface area is 122 Å². The summed E-state index contributed by atoms with van der Waals surface area (Å²) in [5.74, 6) is -1.05. The van der Waals surface area contributed by atoms with Gasteiger partial charge in [-0.15, -0.1) is 0 Å². The maximum atomic E-state index is 13.9. The Morgan fingerprint density at radius 1 is 1.10 bits per heavy atom. The van der Waals surface area contributed by atoms with Gasteiger partial charge in [-0.1, -0.05) is 23.7 Å². The summed E-state index contributed by atoms with van der Waals surface area (Å²) in [4.78, 5) is 0. The molecule has 20 heavy (non-hydrogen) atoms. The van der Waals surface area contributed by atoms with Gasteiger partial charge < -0.3 is 5.32 Å². The molecule has 0 aliphatic carbocycles. The SMILES string of the molecule is CNC(Cc1ccc(Cl)cc1)c1cc(C)c(F)cc1F. The molecule has 4 heteroatoms. The molecule has 0 bridgehead atoms. The third kappa shape index (κ3) is 3.35. The summed E-state index contributed by atoms with van der Waals surface area (Å²) in [5, 5.41) is 3.74. The first kappa shape index (κ1) is 14.9. The van der Waals surface area contributed by atoms with Crippen molar-refractivity contribution in [3.05, 3.63) is 69.7 Å². The van der Waals surface area contributed by atoms with Crippen LogP contribution in [0.15, 0.2) is 36.4 Å². The van der Waals surface area contributed by atoms with E-state index in [1.165, 1.54) is 0 Å². The standard InChI is InChI=1S/C16H16ClF2N/c1-10-7-13(15(19)9-14(10)18)16(20-2)8-11-3-5-12(17)6-4-11/h3-7,9,16,20H,8H2,1-2H3. The molecule has 0 fully saturated rings. The molecule has 106 valence electrons. The van der Waals surface area contributed by atoms with Gasteiger partial charge in [-0.2, -0.15) is 0 Å². The lowest BCUT2D eigenvalue weighted by atomic mass is 9.97. The lowest BCUT2D eigenvalue weighted by Gasteiger charge is -2.18. The fourth-order valence-electron chi connectivity index (χ4n) is 2.17. The fourth-order valence-corrected chi connectivity index (χ4v) is 2.30. The summed E-state index contributed by atoms with van der Waals surface area (Å²) in [6, 6.07) is 9.70. The highest BCUT2D eigenvalue weighted by molar-refractivity contribution is 6.30. The number of aryl methyl sites for hydroxylation is 1. The van der Waals surface area contributed by atoms with Gasteiger partial charge in [-0.3, -0.25) is 0 Å². The Balaban J connectivity index is 2.28. The maximum absolute atomic E-state index is 13.9. The van der Waals surface area contributed by atoms with E-state index in [2.05, 4.69) is 5.32 Å². The molecule has 0 saturated carbocycles. The van der Waals surface area contributed by atoms with Crippen molar-refractivity contribution >= 4 is 11.6 Å². The number of likely N-dealkylation sites (N-methyl/N-ethyl adjacent to an activating group) is 1. The van der Waals surface area contributed by atoms with Gasteiger partial charge in [0.15, 0.2) is 0 Å². The zero-order valence-electron chi connectivity index (χ0n) is 11.4. The highest BCUT2D eigenvalue weighted by atomic mass is 35.5. The average molecular weight is 296 g/mol. The first-order valence-electron chi connectivity index (χ1n) is 6.38. The van der Waals surface area contributed by atoms with Crippen molar-refractivity contribution in [1.29, 1.82) is 0 Å². The van der Waals surface area contributed by atoms with Crippen LogP contribution in [0.1, 0.15) is 22.7 Å². The molecular weight excluding hydrogens is 280 g/mol. The normalized spacial score (nSPS) is 12.4. The predicted molar refractivity (Wildman–Crippen MR) is 78.1 cm³/mol.